The van der Waals surface area contributed by atoms with Gasteiger partial charge in [0.15, 0.2) is 6.29 Å². The smallest absolute Gasteiger partial charge is 0.230 e. The van der Waals surface area contributed by atoms with E-state index in [9.17, 15) is 9.18 Å². The van der Waals surface area contributed by atoms with E-state index in [-0.39, 0.29) is 16.6 Å². The third-order valence-electron chi connectivity index (χ3n) is 1.51. The molecule has 0 bridgehead atoms. The molecule has 1 aromatic rings. The number of halogens is 2. The van der Waals surface area contributed by atoms with Crippen LogP contribution in [-0.4, -0.2) is 18.1 Å². The minimum absolute atomic E-state index is 0.0671. The lowest BCUT2D eigenvalue weighted by Gasteiger charge is -2.05. The lowest BCUT2D eigenvalue weighted by atomic mass is 10.2. The average molecular weight is 204 g/mol. The minimum Gasteiger partial charge on any atom is -0.445 e. The Hall–Kier alpha value is -1.16. The topological polar surface area (TPSA) is 39.2 Å². The number of hydrogen-bond acceptors (Lipinski definition) is 3. The molecule has 0 spiro atoms. The summed E-state index contributed by atoms with van der Waals surface area (Å²) in [7, 11) is 0. The maximum atomic E-state index is 11.8. The van der Waals surface area contributed by atoms with Gasteiger partial charge in [-0.3, -0.25) is 4.79 Å². The Morgan fingerprint density at radius 3 is 3.00 bits per heavy atom. The van der Waals surface area contributed by atoms with Crippen molar-refractivity contribution in [3.05, 3.63) is 22.3 Å². The van der Waals surface area contributed by atoms with Gasteiger partial charge in [-0.05, 0) is 18.6 Å². The van der Waals surface area contributed by atoms with Crippen LogP contribution in [0.25, 0.3) is 0 Å². The lowest BCUT2D eigenvalue weighted by Crippen LogP contribution is -2.00. The summed E-state index contributed by atoms with van der Waals surface area (Å²) in [6.45, 7) is 0.635. The van der Waals surface area contributed by atoms with Crippen LogP contribution in [0.2, 0.25) is 5.15 Å². The number of ether oxygens (including phenoxy) is 1. The van der Waals surface area contributed by atoms with Crippen LogP contribution in [0.15, 0.2) is 6.07 Å². The van der Waals surface area contributed by atoms with E-state index in [0.717, 1.165) is 0 Å². The SMILES string of the molecule is Cc1cc(Cl)nc(OCF)c1C=O. The maximum absolute atomic E-state index is 11.8. The molecule has 0 aliphatic carbocycles. The number of pyridine rings is 1. The number of carbonyl (C=O) groups is 1. The van der Waals surface area contributed by atoms with Crippen LogP contribution in [0, 0.1) is 6.92 Å². The van der Waals surface area contributed by atoms with Gasteiger partial charge in [0.25, 0.3) is 0 Å². The number of rotatable bonds is 3. The van der Waals surface area contributed by atoms with Gasteiger partial charge in [-0.15, -0.1) is 0 Å². The summed E-state index contributed by atoms with van der Waals surface area (Å²) in [4.78, 5) is 14.2. The highest BCUT2D eigenvalue weighted by atomic mass is 35.5. The van der Waals surface area contributed by atoms with Crippen molar-refractivity contribution in [2.45, 2.75) is 6.92 Å². The van der Waals surface area contributed by atoms with Gasteiger partial charge in [0, 0.05) is 0 Å². The van der Waals surface area contributed by atoms with Crippen molar-refractivity contribution >= 4 is 17.9 Å². The molecule has 0 radical (unpaired) electrons. The summed E-state index contributed by atoms with van der Waals surface area (Å²) in [6, 6.07) is 1.51. The van der Waals surface area contributed by atoms with E-state index in [1.54, 1.807) is 6.92 Å². The second-order valence-electron chi connectivity index (χ2n) is 2.35. The standard InChI is InChI=1S/C8H7ClFNO2/c1-5-2-7(9)11-8(13-4-10)6(5)3-12/h2-3H,4H2,1H3. The van der Waals surface area contributed by atoms with E-state index in [1.165, 1.54) is 6.07 Å². The molecule has 0 aliphatic rings. The molecule has 13 heavy (non-hydrogen) atoms. The Morgan fingerprint density at radius 2 is 2.46 bits per heavy atom. The Kier molecular flexibility index (Phi) is 3.19. The molecule has 1 aromatic heterocycles. The van der Waals surface area contributed by atoms with E-state index >= 15 is 0 Å². The van der Waals surface area contributed by atoms with E-state index in [2.05, 4.69) is 9.72 Å². The molecule has 5 heteroatoms. The van der Waals surface area contributed by atoms with Gasteiger partial charge in [-0.2, -0.15) is 0 Å². The summed E-state index contributed by atoms with van der Waals surface area (Å²) < 4.78 is 16.3. The van der Waals surface area contributed by atoms with Gasteiger partial charge in [0.2, 0.25) is 12.7 Å². The Morgan fingerprint density at radius 1 is 1.77 bits per heavy atom. The fourth-order valence-electron chi connectivity index (χ4n) is 0.920. The second kappa shape index (κ2) is 4.18. The molecule has 3 nitrogen and oxygen atoms in total. The maximum Gasteiger partial charge on any atom is 0.230 e. The van der Waals surface area contributed by atoms with Gasteiger partial charge in [0.1, 0.15) is 5.15 Å². The summed E-state index contributed by atoms with van der Waals surface area (Å²) in [5.74, 6) is -0.0671. The fourth-order valence-corrected chi connectivity index (χ4v) is 1.16. The van der Waals surface area contributed by atoms with E-state index < -0.39 is 6.86 Å². The van der Waals surface area contributed by atoms with Crippen molar-refractivity contribution in [2.24, 2.45) is 0 Å². The molecule has 0 aliphatic heterocycles. The Balaban J connectivity index is 3.20. The first-order chi connectivity index (χ1) is 6.19. The van der Waals surface area contributed by atoms with Crippen molar-refractivity contribution in [3.8, 4) is 5.88 Å². The molecule has 0 saturated heterocycles. The highest BCUT2D eigenvalue weighted by Gasteiger charge is 2.09. The summed E-state index contributed by atoms with van der Waals surface area (Å²) >= 11 is 5.59. The summed E-state index contributed by atoms with van der Waals surface area (Å²) in [5.41, 5.74) is 0.834. The third-order valence-corrected chi connectivity index (χ3v) is 1.70. The van der Waals surface area contributed by atoms with E-state index in [1.807, 2.05) is 0 Å². The lowest BCUT2D eigenvalue weighted by molar-refractivity contribution is 0.111. The molecule has 0 atom stereocenters. The molecular weight excluding hydrogens is 197 g/mol. The van der Waals surface area contributed by atoms with Crippen LogP contribution >= 0.6 is 11.6 Å². The molecule has 0 amide bonds. The van der Waals surface area contributed by atoms with Crippen LogP contribution in [0.1, 0.15) is 15.9 Å². The minimum atomic E-state index is -1.03. The van der Waals surface area contributed by atoms with E-state index in [0.29, 0.717) is 11.8 Å². The molecule has 70 valence electrons. The highest BCUT2D eigenvalue weighted by Crippen LogP contribution is 2.21. The Labute approximate surface area is 79.5 Å². The number of alkyl halides is 1. The fraction of sp³-hybridized carbons (Fsp3) is 0.250. The van der Waals surface area contributed by atoms with Gasteiger partial charge >= 0.3 is 0 Å². The van der Waals surface area contributed by atoms with Gasteiger partial charge in [-0.1, -0.05) is 11.6 Å². The number of aromatic nitrogens is 1. The van der Waals surface area contributed by atoms with Crippen LogP contribution in [0.4, 0.5) is 4.39 Å². The summed E-state index contributed by atoms with van der Waals surface area (Å²) in [6.07, 6.45) is 0.559. The van der Waals surface area contributed by atoms with Crippen molar-refractivity contribution in [1.82, 2.24) is 4.98 Å². The molecule has 0 unspecified atom stereocenters. The zero-order valence-corrected chi connectivity index (χ0v) is 7.64. The number of aldehydes is 1. The monoisotopic (exact) mass is 203 g/mol. The first kappa shape index (κ1) is 9.92. The zero-order valence-electron chi connectivity index (χ0n) is 6.88. The van der Waals surface area contributed by atoms with Gasteiger partial charge < -0.3 is 4.74 Å². The van der Waals surface area contributed by atoms with Gasteiger partial charge in [0.05, 0.1) is 5.56 Å². The van der Waals surface area contributed by atoms with E-state index in [4.69, 9.17) is 11.6 Å². The normalized spacial score (nSPS) is 9.77. The first-order valence-electron chi connectivity index (χ1n) is 3.50. The zero-order chi connectivity index (χ0) is 9.84. The average Bonchev–Trinajstić information content (AvgIpc) is 2.04. The predicted molar refractivity (Wildman–Crippen MR) is 46.0 cm³/mol. The largest absolute Gasteiger partial charge is 0.445 e. The third kappa shape index (κ3) is 2.15. The second-order valence-corrected chi connectivity index (χ2v) is 2.74. The summed E-state index contributed by atoms with van der Waals surface area (Å²) in [5, 5.41) is 0.173. The Bertz CT molecular complexity index is 330. The van der Waals surface area contributed by atoms with Crippen LogP contribution < -0.4 is 4.74 Å². The highest BCUT2D eigenvalue weighted by molar-refractivity contribution is 6.29. The molecule has 1 heterocycles. The molecule has 0 saturated carbocycles. The van der Waals surface area contributed by atoms with Crippen molar-refractivity contribution in [3.63, 3.8) is 0 Å². The molecule has 1 rings (SSSR count). The van der Waals surface area contributed by atoms with Crippen molar-refractivity contribution in [1.29, 1.82) is 0 Å². The van der Waals surface area contributed by atoms with Crippen LogP contribution in [0.3, 0.4) is 0 Å². The van der Waals surface area contributed by atoms with Crippen LogP contribution in [0.5, 0.6) is 5.88 Å². The number of carbonyl (C=O) groups excluding carboxylic acids is 1. The molecule has 0 aromatic carbocycles. The number of hydrogen-bond donors (Lipinski definition) is 0. The van der Waals surface area contributed by atoms with Crippen molar-refractivity contribution < 1.29 is 13.9 Å². The number of aryl methyl sites for hydroxylation is 1. The first-order valence-corrected chi connectivity index (χ1v) is 3.88. The van der Waals surface area contributed by atoms with Gasteiger partial charge in [-0.25, -0.2) is 9.37 Å². The quantitative estimate of drug-likeness (QED) is 0.558. The predicted octanol–water partition coefficient (Wildman–Crippen LogP) is 2.16. The molecule has 0 N–H and O–H groups in total. The molecule has 0 fully saturated rings. The number of nitrogens with zero attached hydrogens (tertiary/aromatic N) is 1. The van der Waals surface area contributed by atoms with Crippen molar-refractivity contribution in [2.75, 3.05) is 6.86 Å². The molecular formula is C8H7ClFNO2. The van der Waals surface area contributed by atoms with Crippen LogP contribution in [-0.2, 0) is 0 Å².